The average molecular weight is 430 g/mol. The van der Waals surface area contributed by atoms with Crippen molar-refractivity contribution in [1.82, 2.24) is 0 Å². The topological polar surface area (TPSA) is 106 Å². The van der Waals surface area contributed by atoms with Gasteiger partial charge in [0.1, 0.15) is 34.5 Å². The molecule has 0 amide bonds. The lowest BCUT2D eigenvalue weighted by Crippen LogP contribution is -2.20. The summed E-state index contributed by atoms with van der Waals surface area (Å²) in [6.07, 6.45) is -1.40. The predicted molar refractivity (Wildman–Crippen MR) is 116 cm³/mol. The summed E-state index contributed by atoms with van der Waals surface area (Å²) in [5.41, 5.74) is 0.398. The molecule has 1 atom stereocenters. The third-order valence-corrected chi connectivity index (χ3v) is 5.55. The summed E-state index contributed by atoms with van der Waals surface area (Å²) in [6.45, 7) is 0. The van der Waals surface area contributed by atoms with Crippen molar-refractivity contribution in [1.29, 1.82) is 0 Å². The molecule has 3 aromatic carbocycles. The number of aliphatic hydroxyl groups is 1. The van der Waals surface area contributed by atoms with E-state index in [1.165, 1.54) is 19.2 Å². The van der Waals surface area contributed by atoms with Crippen LogP contribution in [-0.4, -0.2) is 23.1 Å². The lowest BCUT2D eigenvalue weighted by Gasteiger charge is -2.25. The molecule has 0 fully saturated rings. The number of rotatable bonds is 4. The second-order valence-corrected chi connectivity index (χ2v) is 7.45. The highest BCUT2D eigenvalue weighted by Crippen LogP contribution is 2.46. The maximum absolute atomic E-state index is 13.0. The van der Waals surface area contributed by atoms with E-state index >= 15 is 0 Å². The smallest absolute Gasteiger partial charge is 0.346 e. The van der Waals surface area contributed by atoms with Crippen molar-refractivity contribution in [2.45, 2.75) is 12.5 Å². The standard InChI is InChI=1S/C25H18O7/c1-30-19-8-4-2-6-13(19)10-17(26)15-11-16-21(12-18(15)27)31-24-14-7-3-5-9-20(14)32-25(29)22(24)23(16)28/h2-9,11-12,23,27-28H,10H2,1H3. The Morgan fingerprint density at radius 1 is 1.09 bits per heavy atom. The highest BCUT2D eigenvalue weighted by Gasteiger charge is 2.33. The van der Waals surface area contributed by atoms with Crippen LogP contribution in [0.5, 0.6) is 23.0 Å². The van der Waals surface area contributed by atoms with Crippen LogP contribution in [0, 0.1) is 0 Å². The third kappa shape index (κ3) is 3.11. The summed E-state index contributed by atoms with van der Waals surface area (Å²) in [6, 6.07) is 16.5. The summed E-state index contributed by atoms with van der Waals surface area (Å²) >= 11 is 0. The molecule has 1 aliphatic heterocycles. The fourth-order valence-electron chi connectivity index (χ4n) is 3.98. The van der Waals surface area contributed by atoms with E-state index in [1.54, 1.807) is 48.5 Å². The number of benzene rings is 3. The largest absolute Gasteiger partial charge is 0.507 e. The molecule has 0 spiro atoms. The molecule has 1 aliphatic rings. The van der Waals surface area contributed by atoms with E-state index in [1.807, 2.05) is 0 Å². The lowest BCUT2D eigenvalue weighted by molar-refractivity contribution is 0.0989. The minimum absolute atomic E-state index is 0.00549. The van der Waals surface area contributed by atoms with E-state index < -0.39 is 11.7 Å². The fourth-order valence-corrected chi connectivity index (χ4v) is 3.98. The first-order valence-electron chi connectivity index (χ1n) is 9.91. The van der Waals surface area contributed by atoms with Crippen molar-refractivity contribution in [3.8, 4) is 23.0 Å². The van der Waals surface area contributed by atoms with Gasteiger partial charge in [0.15, 0.2) is 11.5 Å². The van der Waals surface area contributed by atoms with E-state index in [2.05, 4.69) is 0 Å². The Labute approximate surface area is 182 Å². The zero-order valence-electron chi connectivity index (χ0n) is 17.0. The maximum atomic E-state index is 13.0. The van der Waals surface area contributed by atoms with Gasteiger partial charge < -0.3 is 24.1 Å². The number of para-hydroxylation sites is 2. The van der Waals surface area contributed by atoms with Crippen LogP contribution in [0.25, 0.3) is 11.0 Å². The first-order chi connectivity index (χ1) is 15.5. The van der Waals surface area contributed by atoms with Crippen LogP contribution in [-0.2, 0) is 6.42 Å². The minimum atomic E-state index is -1.38. The summed E-state index contributed by atoms with van der Waals surface area (Å²) in [4.78, 5) is 25.5. The summed E-state index contributed by atoms with van der Waals surface area (Å²) in [5.74, 6) is 0.224. The van der Waals surface area contributed by atoms with E-state index in [4.69, 9.17) is 13.9 Å². The molecule has 2 heterocycles. The molecule has 7 nitrogen and oxygen atoms in total. The van der Waals surface area contributed by atoms with Gasteiger partial charge in [-0.2, -0.15) is 0 Å². The number of phenolic OH excluding ortho intramolecular Hbond substituents is 1. The number of hydrogen-bond acceptors (Lipinski definition) is 7. The molecule has 0 radical (unpaired) electrons. The van der Waals surface area contributed by atoms with Crippen LogP contribution >= 0.6 is 0 Å². The SMILES string of the molecule is COc1ccccc1CC(=O)c1cc2c(cc1O)Oc1c(c(=O)oc3ccccc13)C2O. The van der Waals surface area contributed by atoms with E-state index in [-0.39, 0.29) is 46.1 Å². The lowest BCUT2D eigenvalue weighted by atomic mass is 9.93. The number of ether oxygens (including phenoxy) is 2. The van der Waals surface area contributed by atoms with Crippen LogP contribution in [0.4, 0.5) is 0 Å². The molecule has 1 aromatic heterocycles. The Hall–Kier alpha value is -4.10. The van der Waals surface area contributed by atoms with Gasteiger partial charge in [-0.15, -0.1) is 0 Å². The molecule has 32 heavy (non-hydrogen) atoms. The normalized spacial score (nSPS) is 14.4. The van der Waals surface area contributed by atoms with Crippen LogP contribution < -0.4 is 15.1 Å². The van der Waals surface area contributed by atoms with E-state index in [9.17, 15) is 19.8 Å². The number of hydrogen-bond donors (Lipinski definition) is 2. The van der Waals surface area contributed by atoms with Crippen molar-refractivity contribution in [2.75, 3.05) is 7.11 Å². The van der Waals surface area contributed by atoms with Gasteiger partial charge >= 0.3 is 5.63 Å². The zero-order valence-corrected chi connectivity index (χ0v) is 17.0. The molecule has 5 rings (SSSR count). The van der Waals surface area contributed by atoms with Gasteiger partial charge in [-0.1, -0.05) is 30.3 Å². The fraction of sp³-hybridized carbons (Fsp3) is 0.120. The molecule has 160 valence electrons. The highest BCUT2D eigenvalue weighted by molar-refractivity contribution is 6.00. The molecule has 4 aromatic rings. The van der Waals surface area contributed by atoms with Gasteiger partial charge in [-0.25, -0.2) is 4.79 Å². The van der Waals surface area contributed by atoms with Gasteiger partial charge in [0, 0.05) is 23.6 Å². The summed E-state index contributed by atoms with van der Waals surface area (Å²) in [5, 5.41) is 22.0. The van der Waals surface area contributed by atoms with Crippen molar-refractivity contribution in [3.05, 3.63) is 93.3 Å². The Balaban J connectivity index is 1.57. The quantitative estimate of drug-likeness (QED) is 0.371. The Bertz CT molecular complexity index is 1430. The van der Waals surface area contributed by atoms with Crippen LogP contribution in [0.2, 0.25) is 0 Å². The highest BCUT2D eigenvalue weighted by atomic mass is 16.5. The average Bonchev–Trinajstić information content (AvgIpc) is 2.79. The van der Waals surface area contributed by atoms with Gasteiger partial charge in [0.25, 0.3) is 0 Å². The van der Waals surface area contributed by atoms with Gasteiger partial charge in [0.05, 0.1) is 18.1 Å². The van der Waals surface area contributed by atoms with Gasteiger partial charge in [0.2, 0.25) is 0 Å². The maximum Gasteiger partial charge on any atom is 0.346 e. The first-order valence-corrected chi connectivity index (χ1v) is 9.91. The van der Waals surface area contributed by atoms with E-state index in [0.29, 0.717) is 22.3 Å². The number of carbonyl (C=O) groups excluding carboxylic acids is 1. The zero-order chi connectivity index (χ0) is 22.4. The van der Waals surface area contributed by atoms with E-state index in [0.717, 1.165) is 0 Å². The molecule has 0 aliphatic carbocycles. The number of fused-ring (bicyclic) bond motifs is 4. The Morgan fingerprint density at radius 2 is 1.84 bits per heavy atom. The second-order valence-electron chi connectivity index (χ2n) is 7.45. The van der Waals surface area contributed by atoms with Crippen molar-refractivity contribution in [2.24, 2.45) is 0 Å². The van der Waals surface area contributed by atoms with Crippen LogP contribution in [0.1, 0.15) is 33.2 Å². The number of Topliss-reactive ketones (excluding diaryl/α,β-unsaturated/α-hetero) is 1. The predicted octanol–water partition coefficient (Wildman–Crippen LogP) is 4.12. The summed E-state index contributed by atoms with van der Waals surface area (Å²) in [7, 11) is 1.51. The van der Waals surface area contributed by atoms with Crippen LogP contribution in [0.3, 0.4) is 0 Å². The number of ketones is 1. The number of methoxy groups -OCH3 is 1. The first kappa shape index (κ1) is 19.8. The molecular weight excluding hydrogens is 412 g/mol. The molecule has 7 heteroatoms. The van der Waals surface area contributed by atoms with Crippen molar-refractivity contribution < 1.29 is 28.9 Å². The molecule has 0 saturated heterocycles. The van der Waals surface area contributed by atoms with Crippen molar-refractivity contribution >= 4 is 16.8 Å². The molecular formula is C25H18O7. The molecule has 1 unspecified atom stereocenters. The molecule has 0 bridgehead atoms. The molecule has 0 saturated carbocycles. The Kier molecular flexibility index (Phi) is 4.68. The third-order valence-electron chi connectivity index (χ3n) is 5.55. The minimum Gasteiger partial charge on any atom is -0.507 e. The monoisotopic (exact) mass is 430 g/mol. The second kappa shape index (κ2) is 7.55. The number of phenols is 1. The van der Waals surface area contributed by atoms with Gasteiger partial charge in [-0.05, 0) is 24.3 Å². The number of aromatic hydroxyl groups is 1. The van der Waals surface area contributed by atoms with Crippen molar-refractivity contribution in [3.63, 3.8) is 0 Å². The van der Waals surface area contributed by atoms with Gasteiger partial charge in [-0.3, -0.25) is 4.79 Å². The Morgan fingerprint density at radius 3 is 2.66 bits per heavy atom. The number of aliphatic hydroxyl groups excluding tert-OH is 1. The summed E-state index contributed by atoms with van der Waals surface area (Å²) < 4.78 is 16.5. The number of carbonyl (C=O) groups is 1. The van der Waals surface area contributed by atoms with Crippen LogP contribution in [0.15, 0.2) is 69.9 Å². The molecule has 2 N–H and O–H groups in total.